The monoisotopic (exact) mass is 154 g/mol. The first-order valence-electron chi connectivity index (χ1n) is 3.67. The van der Waals surface area contributed by atoms with Crippen LogP contribution >= 0.6 is 0 Å². The Bertz CT molecular complexity index is 196. The van der Waals surface area contributed by atoms with Crippen LogP contribution in [0.3, 0.4) is 0 Å². The minimum absolute atomic E-state index is 0.560. The second-order valence-corrected chi connectivity index (χ2v) is 3.01. The molecule has 0 aromatic rings. The van der Waals surface area contributed by atoms with Gasteiger partial charge in [-0.25, -0.2) is 4.79 Å². The zero-order valence-corrected chi connectivity index (χ0v) is 7.22. The van der Waals surface area contributed by atoms with E-state index in [4.69, 9.17) is 5.11 Å². The molecule has 0 heterocycles. The normalized spacial score (nSPS) is 9.09. The van der Waals surface area contributed by atoms with Crippen LogP contribution < -0.4 is 0 Å². The van der Waals surface area contributed by atoms with Gasteiger partial charge >= 0.3 is 5.97 Å². The van der Waals surface area contributed by atoms with Crippen LogP contribution in [0, 0.1) is 5.92 Å². The van der Waals surface area contributed by atoms with Crippen LogP contribution in [0.2, 0.25) is 0 Å². The topological polar surface area (TPSA) is 37.3 Å². The van der Waals surface area contributed by atoms with Crippen molar-refractivity contribution < 1.29 is 9.90 Å². The Balaban J connectivity index is 4.10. The summed E-state index contributed by atoms with van der Waals surface area (Å²) >= 11 is 0. The lowest BCUT2D eigenvalue weighted by atomic mass is 10.1. The molecule has 0 aliphatic heterocycles. The Hall–Kier alpha value is -1.01. The number of hydrogen-bond acceptors (Lipinski definition) is 1. The first-order valence-corrected chi connectivity index (χ1v) is 3.67. The van der Waals surface area contributed by atoms with E-state index in [0.29, 0.717) is 5.92 Å². The third-order valence-corrected chi connectivity index (χ3v) is 1.16. The van der Waals surface area contributed by atoms with Crippen molar-refractivity contribution in [3.05, 3.63) is 17.4 Å². The highest BCUT2D eigenvalue weighted by atomic mass is 16.4. The molecular formula is C9H14O2. The van der Waals surface area contributed by atoms with E-state index in [1.54, 1.807) is 0 Å². The van der Waals surface area contributed by atoms with Gasteiger partial charge in [0, 0.05) is 0 Å². The molecule has 0 saturated heterocycles. The van der Waals surface area contributed by atoms with Crippen molar-refractivity contribution in [2.45, 2.75) is 27.2 Å². The van der Waals surface area contributed by atoms with Gasteiger partial charge in [0.1, 0.15) is 0 Å². The zero-order valence-electron chi connectivity index (χ0n) is 7.22. The average molecular weight is 154 g/mol. The van der Waals surface area contributed by atoms with Crippen LogP contribution in [-0.2, 0) is 4.79 Å². The van der Waals surface area contributed by atoms with E-state index in [1.807, 2.05) is 6.92 Å². The molecule has 0 radical (unpaired) electrons. The molecule has 62 valence electrons. The van der Waals surface area contributed by atoms with Crippen molar-refractivity contribution in [1.82, 2.24) is 0 Å². The van der Waals surface area contributed by atoms with E-state index in [0.717, 1.165) is 18.1 Å². The van der Waals surface area contributed by atoms with Gasteiger partial charge < -0.3 is 5.11 Å². The molecule has 0 bridgehead atoms. The fraction of sp³-hybridized carbons (Fsp3) is 0.556. The summed E-state index contributed by atoms with van der Waals surface area (Å²) in [5.41, 5.74) is 3.69. The lowest BCUT2D eigenvalue weighted by Gasteiger charge is -2.00. The fourth-order valence-electron chi connectivity index (χ4n) is 0.856. The molecule has 0 rings (SSSR count). The van der Waals surface area contributed by atoms with Crippen LogP contribution in [0.25, 0.3) is 0 Å². The Morgan fingerprint density at radius 1 is 1.64 bits per heavy atom. The number of carboxylic acids is 1. The molecule has 2 nitrogen and oxygen atoms in total. The Kier molecular flexibility index (Phi) is 4.32. The van der Waals surface area contributed by atoms with Crippen LogP contribution in [-0.4, -0.2) is 11.1 Å². The maximum atomic E-state index is 10.1. The molecule has 0 saturated carbocycles. The smallest absolute Gasteiger partial charge is 0.336 e. The molecule has 0 amide bonds. The van der Waals surface area contributed by atoms with Crippen molar-refractivity contribution in [3.63, 3.8) is 0 Å². The van der Waals surface area contributed by atoms with Gasteiger partial charge in [0.25, 0.3) is 0 Å². The minimum atomic E-state index is -0.937. The number of carboxylic acid groups (broad SMARTS) is 1. The highest BCUT2D eigenvalue weighted by molar-refractivity contribution is 5.79. The maximum absolute atomic E-state index is 10.1. The summed E-state index contributed by atoms with van der Waals surface area (Å²) < 4.78 is 0. The number of carbonyl (C=O) groups is 1. The molecular weight excluding hydrogens is 140 g/mol. The van der Waals surface area contributed by atoms with Crippen molar-refractivity contribution in [1.29, 1.82) is 0 Å². The van der Waals surface area contributed by atoms with Crippen LogP contribution in [0.1, 0.15) is 27.2 Å². The summed E-state index contributed by atoms with van der Waals surface area (Å²) in [6.45, 7) is 6.07. The van der Waals surface area contributed by atoms with Gasteiger partial charge in [-0.05, 0) is 24.8 Å². The quantitative estimate of drug-likeness (QED) is 0.500. The molecule has 0 aromatic carbocycles. The Morgan fingerprint density at radius 2 is 2.18 bits per heavy atom. The van der Waals surface area contributed by atoms with Crippen molar-refractivity contribution in [3.8, 4) is 0 Å². The summed E-state index contributed by atoms with van der Waals surface area (Å²) in [6.07, 6.45) is 1.96. The van der Waals surface area contributed by atoms with Crippen LogP contribution in [0.4, 0.5) is 0 Å². The average Bonchev–Trinajstić information content (AvgIpc) is 1.82. The highest BCUT2D eigenvalue weighted by Crippen LogP contribution is 2.07. The molecule has 0 fully saturated rings. The predicted octanol–water partition coefficient (Wildman–Crippen LogP) is 2.22. The van der Waals surface area contributed by atoms with Gasteiger partial charge in [-0.2, -0.15) is 0 Å². The first kappa shape index (κ1) is 9.99. The van der Waals surface area contributed by atoms with E-state index < -0.39 is 5.97 Å². The Morgan fingerprint density at radius 3 is 2.55 bits per heavy atom. The largest absolute Gasteiger partial charge is 0.478 e. The molecule has 0 aliphatic rings. The standard InChI is InChI=1S/C9H14O2/c1-7(2)6-8(3)4-5-9(10)11/h5,7H,6H2,1-3H3,(H,10,11). The van der Waals surface area contributed by atoms with Crippen molar-refractivity contribution in [2.75, 3.05) is 0 Å². The summed E-state index contributed by atoms with van der Waals surface area (Å²) in [7, 11) is 0. The Labute approximate surface area is 67.2 Å². The van der Waals surface area contributed by atoms with Gasteiger partial charge in [0.2, 0.25) is 0 Å². The minimum Gasteiger partial charge on any atom is -0.478 e. The van der Waals surface area contributed by atoms with Gasteiger partial charge in [-0.15, -0.1) is 5.73 Å². The van der Waals surface area contributed by atoms with E-state index >= 15 is 0 Å². The second-order valence-electron chi connectivity index (χ2n) is 3.01. The number of hydrogen-bond donors (Lipinski definition) is 1. The summed E-state index contributed by atoms with van der Waals surface area (Å²) in [4.78, 5) is 10.1. The SMILES string of the molecule is CC(=C=CC(=O)O)CC(C)C. The van der Waals surface area contributed by atoms with E-state index in [1.165, 1.54) is 0 Å². The molecule has 1 N–H and O–H groups in total. The van der Waals surface area contributed by atoms with Crippen LogP contribution in [0.5, 0.6) is 0 Å². The molecule has 0 aromatic heterocycles. The van der Waals surface area contributed by atoms with Crippen molar-refractivity contribution in [2.24, 2.45) is 5.92 Å². The van der Waals surface area contributed by atoms with Crippen LogP contribution in [0.15, 0.2) is 17.4 Å². The maximum Gasteiger partial charge on any atom is 0.336 e. The molecule has 0 aliphatic carbocycles. The van der Waals surface area contributed by atoms with Gasteiger partial charge in [-0.3, -0.25) is 0 Å². The summed E-state index contributed by atoms with van der Waals surface area (Å²) in [6, 6.07) is 0. The highest BCUT2D eigenvalue weighted by Gasteiger charge is 1.93. The third-order valence-electron chi connectivity index (χ3n) is 1.16. The predicted molar refractivity (Wildman–Crippen MR) is 44.4 cm³/mol. The third kappa shape index (κ3) is 6.88. The fourth-order valence-corrected chi connectivity index (χ4v) is 0.856. The molecule has 2 heteroatoms. The lowest BCUT2D eigenvalue weighted by molar-refractivity contribution is -0.131. The van der Waals surface area contributed by atoms with Crippen molar-refractivity contribution >= 4 is 5.97 Å². The molecule has 11 heavy (non-hydrogen) atoms. The number of aliphatic carboxylic acids is 1. The molecule has 0 atom stereocenters. The van der Waals surface area contributed by atoms with Gasteiger partial charge in [0.15, 0.2) is 0 Å². The summed E-state index contributed by atoms with van der Waals surface area (Å²) in [5, 5.41) is 8.27. The molecule has 0 spiro atoms. The number of rotatable bonds is 3. The summed E-state index contributed by atoms with van der Waals surface area (Å²) in [5.74, 6) is -0.377. The zero-order chi connectivity index (χ0) is 8.85. The first-order chi connectivity index (χ1) is 5.02. The van der Waals surface area contributed by atoms with E-state index in [-0.39, 0.29) is 0 Å². The second kappa shape index (κ2) is 4.75. The molecule has 0 unspecified atom stereocenters. The van der Waals surface area contributed by atoms with Gasteiger partial charge in [0.05, 0.1) is 6.08 Å². The van der Waals surface area contributed by atoms with E-state index in [9.17, 15) is 4.79 Å². The van der Waals surface area contributed by atoms with E-state index in [2.05, 4.69) is 19.6 Å². The van der Waals surface area contributed by atoms with Gasteiger partial charge in [-0.1, -0.05) is 13.8 Å². The lowest BCUT2D eigenvalue weighted by Crippen LogP contribution is -1.88.